The molecular weight excluding hydrogens is 416 g/mol. The quantitative estimate of drug-likeness (QED) is 0.238. The lowest BCUT2D eigenvalue weighted by Crippen LogP contribution is -2.57. The number of carbonyl (C=O) groups excluding carboxylic acids is 2. The molecule has 0 radical (unpaired) electrons. The van der Waals surface area contributed by atoms with Gasteiger partial charge in [-0.05, 0) is 60.3 Å². The highest BCUT2D eigenvalue weighted by Gasteiger charge is 2.53. The molecular formula is C24H46O8. The van der Waals surface area contributed by atoms with Gasteiger partial charge in [-0.2, -0.15) is 0 Å². The van der Waals surface area contributed by atoms with Gasteiger partial charge >= 0.3 is 12.3 Å². The van der Waals surface area contributed by atoms with E-state index in [9.17, 15) is 9.59 Å². The van der Waals surface area contributed by atoms with Crippen LogP contribution in [0.25, 0.3) is 0 Å². The zero-order valence-electron chi connectivity index (χ0n) is 22.1. The summed E-state index contributed by atoms with van der Waals surface area (Å²) in [4.78, 5) is 24.0. The second-order valence-electron chi connectivity index (χ2n) is 9.84. The standard InChI is InChI=1S/C24H46O8/c1-12-18(3)21(4,5)31-19(25)29-16-14-28-15-17-30-20(26)32-23(8,9)24(10,13-2)22(6,7)27-11/h18H,12-17H2,1-11H3. The van der Waals surface area contributed by atoms with Gasteiger partial charge in [0.2, 0.25) is 0 Å². The Kier molecular flexibility index (Phi) is 12.0. The Morgan fingerprint density at radius 2 is 1.22 bits per heavy atom. The van der Waals surface area contributed by atoms with E-state index in [0.717, 1.165) is 12.8 Å². The Balaban J connectivity index is 4.28. The molecule has 0 N–H and O–H groups in total. The number of hydrogen-bond acceptors (Lipinski definition) is 8. The molecule has 8 nitrogen and oxygen atoms in total. The third-order valence-corrected chi connectivity index (χ3v) is 7.25. The summed E-state index contributed by atoms with van der Waals surface area (Å²) < 4.78 is 32.2. The van der Waals surface area contributed by atoms with Gasteiger partial charge in [0, 0.05) is 12.5 Å². The fourth-order valence-electron chi connectivity index (χ4n) is 3.46. The SMILES string of the molecule is CCC(C)C(C)(C)OC(=O)OCCOCCOC(=O)OC(C)(C)C(C)(CC)C(C)(C)OC. The maximum atomic E-state index is 12.2. The second kappa shape index (κ2) is 12.6. The van der Waals surface area contributed by atoms with Crippen molar-refractivity contribution < 1.29 is 38.0 Å². The van der Waals surface area contributed by atoms with Gasteiger partial charge in [0.25, 0.3) is 0 Å². The monoisotopic (exact) mass is 462 g/mol. The van der Waals surface area contributed by atoms with Crippen molar-refractivity contribution in [3.05, 3.63) is 0 Å². The lowest BCUT2D eigenvalue weighted by Gasteiger charge is -2.51. The summed E-state index contributed by atoms with van der Waals surface area (Å²) in [5.41, 5.74) is -2.38. The predicted molar refractivity (Wildman–Crippen MR) is 123 cm³/mol. The van der Waals surface area contributed by atoms with E-state index < -0.39 is 34.5 Å². The van der Waals surface area contributed by atoms with E-state index in [1.54, 1.807) is 7.11 Å². The van der Waals surface area contributed by atoms with Gasteiger partial charge in [0.15, 0.2) is 0 Å². The Labute approximate surface area is 194 Å². The first-order valence-electron chi connectivity index (χ1n) is 11.4. The molecule has 0 bridgehead atoms. The molecule has 0 aliphatic heterocycles. The molecule has 2 unspecified atom stereocenters. The highest BCUT2D eigenvalue weighted by molar-refractivity contribution is 5.61. The van der Waals surface area contributed by atoms with Crippen molar-refractivity contribution >= 4 is 12.3 Å². The minimum atomic E-state index is -0.823. The average molecular weight is 463 g/mol. The lowest BCUT2D eigenvalue weighted by atomic mass is 9.63. The molecule has 0 aromatic rings. The van der Waals surface area contributed by atoms with Crippen molar-refractivity contribution in [2.75, 3.05) is 33.5 Å². The number of ether oxygens (including phenoxy) is 6. The minimum Gasteiger partial charge on any atom is -0.432 e. The van der Waals surface area contributed by atoms with E-state index in [2.05, 4.69) is 0 Å². The van der Waals surface area contributed by atoms with Crippen molar-refractivity contribution in [1.29, 1.82) is 0 Å². The van der Waals surface area contributed by atoms with Crippen molar-refractivity contribution in [2.45, 2.75) is 98.9 Å². The normalized spacial score (nSPS) is 15.5. The summed E-state index contributed by atoms with van der Waals surface area (Å²) in [6.07, 6.45) is 0.148. The van der Waals surface area contributed by atoms with E-state index in [1.165, 1.54) is 0 Å². The fourth-order valence-corrected chi connectivity index (χ4v) is 3.46. The Bertz CT molecular complexity index is 585. The van der Waals surface area contributed by atoms with E-state index in [1.807, 2.05) is 69.2 Å². The molecule has 0 rings (SSSR count). The van der Waals surface area contributed by atoms with E-state index in [4.69, 9.17) is 28.4 Å². The second-order valence-corrected chi connectivity index (χ2v) is 9.84. The summed E-state index contributed by atoms with van der Waals surface area (Å²) >= 11 is 0. The van der Waals surface area contributed by atoms with Crippen molar-refractivity contribution in [3.8, 4) is 0 Å². The average Bonchev–Trinajstić information content (AvgIpc) is 2.70. The lowest BCUT2D eigenvalue weighted by molar-refractivity contribution is -0.181. The van der Waals surface area contributed by atoms with Crippen molar-refractivity contribution in [1.82, 2.24) is 0 Å². The molecule has 2 atom stereocenters. The van der Waals surface area contributed by atoms with Gasteiger partial charge in [-0.15, -0.1) is 0 Å². The molecule has 0 fully saturated rings. The molecule has 32 heavy (non-hydrogen) atoms. The van der Waals surface area contributed by atoms with E-state index in [-0.39, 0.29) is 32.3 Å². The van der Waals surface area contributed by atoms with Crippen LogP contribution in [0.3, 0.4) is 0 Å². The molecule has 8 heteroatoms. The Morgan fingerprint density at radius 1 is 0.750 bits per heavy atom. The van der Waals surface area contributed by atoms with Crippen molar-refractivity contribution in [3.63, 3.8) is 0 Å². The van der Waals surface area contributed by atoms with Crippen molar-refractivity contribution in [2.24, 2.45) is 11.3 Å². The van der Waals surface area contributed by atoms with Crippen LogP contribution in [0.2, 0.25) is 0 Å². The van der Waals surface area contributed by atoms with Crippen LogP contribution in [-0.4, -0.2) is 62.7 Å². The van der Waals surface area contributed by atoms with Crippen LogP contribution in [0.4, 0.5) is 9.59 Å². The van der Waals surface area contributed by atoms with Gasteiger partial charge in [0.1, 0.15) is 24.4 Å². The Hall–Kier alpha value is -1.54. The largest absolute Gasteiger partial charge is 0.508 e. The third-order valence-electron chi connectivity index (χ3n) is 7.25. The van der Waals surface area contributed by atoms with E-state index >= 15 is 0 Å². The molecule has 0 aliphatic carbocycles. The molecule has 0 aromatic heterocycles. The maximum Gasteiger partial charge on any atom is 0.508 e. The van der Waals surface area contributed by atoms with E-state index in [0.29, 0.717) is 0 Å². The van der Waals surface area contributed by atoms with Crippen LogP contribution in [0.1, 0.15) is 82.1 Å². The summed E-state index contributed by atoms with van der Waals surface area (Å²) in [7, 11) is 1.65. The molecule has 190 valence electrons. The molecule has 0 spiro atoms. The zero-order chi connectivity index (χ0) is 25.2. The van der Waals surface area contributed by atoms with Gasteiger partial charge < -0.3 is 28.4 Å². The third kappa shape index (κ3) is 8.43. The zero-order valence-corrected chi connectivity index (χ0v) is 22.1. The van der Waals surface area contributed by atoms with Gasteiger partial charge in [-0.1, -0.05) is 27.7 Å². The summed E-state index contributed by atoms with van der Waals surface area (Å²) in [5.74, 6) is 0.212. The molecule has 0 heterocycles. The van der Waals surface area contributed by atoms with Crippen LogP contribution in [0.15, 0.2) is 0 Å². The van der Waals surface area contributed by atoms with Crippen LogP contribution in [0.5, 0.6) is 0 Å². The highest BCUT2D eigenvalue weighted by Crippen LogP contribution is 2.47. The first kappa shape index (κ1) is 30.5. The summed E-state index contributed by atoms with van der Waals surface area (Å²) in [6.45, 7) is 19.9. The van der Waals surface area contributed by atoms with Crippen LogP contribution < -0.4 is 0 Å². The molecule has 0 aromatic carbocycles. The smallest absolute Gasteiger partial charge is 0.432 e. The first-order valence-corrected chi connectivity index (χ1v) is 11.4. The molecule has 0 saturated carbocycles. The topological polar surface area (TPSA) is 89.5 Å². The fraction of sp³-hybridized carbons (Fsp3) is 0.917. The number of methoxy groups -OCH3 is 1. The number of rotatable bonds is 14. The van der Waals surface area contributed by atoms with Gasteiger partial charge in [-0.25, -0.2) is 9.59 Å². The molecule has 0 saturated heterocycles. The maximum absolute atomic E-state index is 12.2. The van der Waals surface area contributed by atoms with Crippen LogP contribution in [-0.2, 0) is 28.4 Å². The summed E-state index contributed by atoms with van der Waals surface area (Å²) in [5, 5.41) is 0. The van der Waals surface area contributed by atoms with Gasteiger partial charge in [-0.3, -0.25) is 0 Å². The van der Waals surface area contributed by atoms with Crippen LogP contribution >= 0.6 is 0 Å². The number of carbonyl (C=O) groups is 2. The summed E-state index contributed by atoms with van der Waals surface area (Å²) in [6, 6.07) is 0. The minimum absolute atomic E-state index is 0.0247. The first-order chi connectivity index (χ1) is 14.6. The highest BCUT2D eigenvalue weighted by atomic mass is 16.7. The molecule has 0 aliphatic rings. The van der Waals surface area contributed by atoms with Crippen LogP contribution in [0, 0.1) is 11.3 Å². The predicted octanol–water partition coefficient (Wildman–Crippen LogP) is 5.75. The molecule has 0 amide bonds. The van der Waals surface area contributed by atoms with Gasteiger partial charge in [0.05, 0.1) is 18.8 Å². The Morgan fingerprint density at radius 3 is 1.62 bits per heavy atom. The number of hydrogen-bond donors (Lipinski definition) is 0.